The van der Waals surface area contributed by atoms with Gasteiger partial charge in [0, 0.05) is 28.6 Å². The highest BCUT2D eigenvalue weighted by molar-refractivity contribution is 7.99. The van der Waals surface area contributed by atoms with Gasteiger partial charge in [0.15, 0.2) is 5.82 Å². The van der Waals surface area contributed by atoms with Crippen molar-refractivity contribution in [3.63, 3.8) is 0 Å². The van der Waals surface area contributed by atoms with Crippen LogP contribution in [0.1, 0.15) is 36.8 Å². The largest absolute Gasteiger partial charge is 0.382 e. The molecule has 0 aliphatic carbocycles. The summed E-state index contributed by atoms with van der Waals surface area (Å²) in [4.78, 5) is 10.2. The number of thioether (sulfide) groups is 1. The molecule has 144 valence electrons. The molecular weight excluding hydrogens is 399 g/mol. The zero-order valence-corrected chi connectivity index (χ0v) is 18.2. The van der Waals surface area contributed by atoms with E-state index in [1.807, 2.05) is 19.1 Å². The maximum atomic E-state index is 6.24. The van der Waals surface area contributed by atoms with E-state index in [0.29, 0.717) is 10.8 Å². The van der Waals surface area contributed by atoms with E-state index in [0.717, 1.165) is 69.6 Å². The number of halogens is 2. The molecule has 0 aliphatic rings. The number of aryl methyl sites for hydroxylation is 4. The highest BCUT2D eigenvalue weighted by atomic mass is 35.5. The Bertz CT molecular complexity index is 969. The SMILES string of the molecule is CCc1nc2c(N)nc(C)c(C)c2n1CCCCSc1ccc(Cl)cc1Cl. The molecule has 27 heavy (non-hydrogen) atoms. The van der Waals surface area contributed by atoms with Crippen LogP contribution in [0.3, 0.4) is 0 Å². The van der Waals surface area contributed by atoms with Crippen molar-refractivity contribution >= 4 is 51.8 Å². The molecule has 2 heterocycles. The van der Waals surface area contributed by atoms with Crippen LogP contribution in [-0.4, -0.2) is 20.3 Å². The average molecular weight is 423 g/mol. The molecule has 0 aliphatic heterocycles. The van der Waals surface area contributed by atoms with Crippen molar-refractivity contribution in [3.8, 4) is 0 Å². The summed E-state index contributed by atoms with van der Waals surface area (Å²) in [6, 6.07) is 5.65. The number of hydrogen-bond donors (Lipinski definition) is 1. The van der Waals surface area contributed by atoms with Gasteiger partial charge < -0.3 is 10.3 Å². The number of imidazole rings is 1. The third-order valence-corrected chi connectivity index (χ3v) is 6.54. The molecule has 0 amide bonds. The molecule has 3 rings (SSSR count). The fraction of sp³-hybridized carbons (Fsp3) is 0.400. The molecule has 0 fully saturated rings. The third-order valence-electron chi connectivity index (χ3n) is 4.72. The molecule has 0 bridgehead atoms. The Labute approximate surface area is 174 Å². The quantitative estimate of drug-likeness (QED) is 0.370. The van der Waals surface area contributed by atoms with Gasteiger partial charge in [-0.2, -0.15) is 0 Å². The lowest BCUT2D eigenvalue weighted by Gasteiger charge is -2.11. The number of hydrogen-bond acceptors (Lipinski definition) is 4. The number of pyridine rings is 1. The number of nitrogen functional groups attached to an aromatic ring is 1. The first-order chi connectivity index (χ1) is 12.9. The second kappa shape index (κ2) is 8.72. The van der Waals surface area contributed by atoms with Gasteiger partial charge in [0.25, 0.3) is 0 Å². The molecule has 0 unspecified atom stereocenters. The van der Waals surface area contributed by atoms with Gasteiger partial charge in [0.1, 0.15) is 11.3 Å². The van der Waals surface area contributed by atoms with E-state index in [9.17, 15) is 0 Å². The van der Waals surface area contributed by atoms with Crippen LogP contribution >= 0.6 is 35.0 Å². The van der Waals surface area contributed by atoms with Gasteiger partial charge in [-0.05, 0) is 56.2 Å². The zero-order chi connectivity index (χ0) is 19.6. The van der Waals surface area contributed by atoms with E-state index >= 15 is 0 Å². The highest BCUT2D eigenvalue weighted by Crippen LogP contribution is 2.31. The highest BCUT2D eigenvalue weighted by Gasteiger charge is 2.16. The van der Waals surface area contributed by atoms with Crippen LogP contribution in [0.25, 0.3) is 11.0 Å². The number of fused-ring (bicyclic) bond motifs is 1. The summed E-state index contributed by atoms with van der Waals surface area (Å²) >= 11 is 14.0. The van der Waals surface area contributed by atoms with Crippen LogP contribution in [0.15, 0.2) is 23.1 Å². The Hall–Kier alpha value is -1.43. The van der Waals surface area contributed by atoms with Crippen molar-refractivity contribution in [2.75, 3.05) is 11.5 Å². The van der Waals surface area contributed by atoms with Crippen molar-refractivity contribution in [2.45, 2.75) is 51.5 Å². The summed E-state index contributed by atoms with van der Waals surface area (Å²) in [5, 5.41) is 1.39. The van der Waals surface area contributed by atoms with Gasteiger partial charge in [-0.15, -0.1) is 11.8 Å². The van der Waals surface area contributed by atoms with E-state index in [4.69, 9.17) is 33.9 Å². The van der Waals surface area contributed by atoms with Gasteiger partial charge in [-0.1, -0.05) is 30.1 Å². The van der Waals surface area contributed by atoms with E-state index in [-0.39, 0.29) is 0 Å². The molecule has 4 nitrogen and oxygen atoms in total. The monoisotopic (exact) mass is 422 g/mol. The molecular formula is C20H24Cl2N4S. The Morgan fingerprint density at radius 1 is 1.15 bits per heavy atom. The number of aromatic nitrogens is 3. The molecule has 0 atom stereocenters. The van der Waals surface area contributed by atoms with E-state index < -0.39 is 0 Å². The normalized spacial score (nSPS) is 11.4. The molecule has 3 aromatic rings. The van der Waals surface area contributed by atoms with Crippen molar-refractivity contribution in [1.82, 2.24) is 14.5 Å². The Morgan fingerprint density at radius 2 is 1.93 bits per heavy atom. The Kier molecular flexibility index (Phi) is 6.56. The average Bonchev–Trinajstić information content (AvgIpc) is 3.00. The van der Waals surface area contributed by atoms with E-state index in [1.54, 1.807) is 17.8 Å². The second-order valence-electron chi connectivity index (χ2n) is 6.57. The van der Waals surface area contributed by atoms with Crippen molar-refractivity contribution in [3.05, 3.63) is 45.3 Å². The number of anilines is 1. The summed E-state index contributed by atoms with van der Waals surface area (Å²) in [5.74, 6) is 2.60. The van der Waals surface area contributed by atoms with Crippen molar-refractivity contribution < 1.29 is 0 Å². The predicted molar refractivity (Wildman–Crippen MR) is 117 cm³/mol. The molecule has 0 radical (unpaired) electrons. The molecule has 2 N–H and O–H groups in total. The smallest absolute Gasteiger partial charge is 0.151 e. The summed E-state index contributed by atoms with van der Waals surface area (Å²) in [5.41, 5.74) is 10.2. The minimum Gasteiger partial charge on any atom is -0.382 e. The fourth-order valence-corrected chi connectivity index (χ4v) is 4.71. The maximum Gasteiger partial charge on any atom is 0.151 e. The Morgan fingerprint density at radius 3 is 2.63 bits per heavy atom. The predicted octanol–water partition coefficient (Wildman–Crippen LogP) is 6.07. The second-order valence-corrected chi connectivity index (χ2v) is 8.55. The number of nitrogens with two attached hydrogens (primary N) is 1. The van der Waals surface area contributed by atoms with Gasteiger partial charge in [0.05, 0.1) is 10.5 Å². The van der Waals surface area contributed by atoms with Gasteiger partial charge in [0.2, 0.25) is 0 Å². The van der Waals surface area contributed by atoms with Crippen molar-refractivity contribution in [2.24, 2.45) is 0 Å². The number of nitrogens with zero attached hydrogens (tertiary/aromatic N) is 3. The molecule has 1 aromatic carbocycles. The lowest BCUT2D eigenvalue weighted by Crippen LogP contribution is -2.05. The fourth-order valence-electron chi connectivity index (χ4n) is 3.20. The van der Waals surface area contributed by atoms with E-state index in [2.05, 4.69) is 23.4 Å². The minimum absolute atomic E-state index is 0.523. The minimum atomic E-state index is 0.523. The zero-order valence-electron chi connectivity index (χ0n) is 15.9. The first-order valence-corrected chi connectivity index (χ1v) is 10.9. The van der Waals surface area contributed by atoms with Gasteiger partial charge >= 0.3 is 0 Å². The van der Waals surface area contributed by atoms with Crippen LogP contribution < -0.4 is 5.73 Å². The van der Waals surface area contributed by atoms with Crippen LogP contribution in [-0.2, 0) is 13.0 Å². The number of benzene rings is 1. The topological polar surface area (TPSA) is 56.7 Å². The summed E-state index contributed by atoms with van der Waals surface area (Å²) in [6.07, 6.45) is 3.03. The van der Waals surface area contributed by atoms with Crippen LogP contribution in [0.2, 0.25) is 10.0 Å². The lowest BCUT2D eigenvalue weighted by atomic mass is 10.2. The maximum absolute atomic E-state index is 6.24. The molecule has 2 aromatic heterocycles. The lowest BCUT2D eigenvalue weighted by molar-refractivity contribution is 0.621. The van der Waals surface area contributed by atoms with Crippen LogP contribution in [0.5, 0.6) is 0 Å². The Balaban J connectivity index is 1.68. The molecule has 0 saturated carbocycles. The first kappa shape index (κ1) is 20.3. The van der Waals surface area contributed by atoms with Gasteiger partial charge in [-0.3, -0.25) is 0 Å². The number of unbranched alkanes of at least 4 members (excludes halogenated alkanes) is 1. The molecule has 7 heteroatoms. The standard InChI is InChI=1S/C20H24Cl2N4S/c1-4-17-25-18-19(12(2)13(3)24-20(18)23)26(17)9-5-6-10-27-16-8-7-14(21)11-15(16)22/h7-8,11H,4-6,9-10H2,1-3H3,(H2,23,24). The number of rotatable bonds is 7. The summed E-state index contributed by atoms with van der Waals surface area (Å²) < 4.78 is 2.32. The summed E-state index contributed by atoms with van der Waals surface area (Å²) in [7, 11) is 0. The van der Waals surface area contributed by atoms with Crippen LogP contribution in [0, 0.1) is 13.8 Å². The molecule has 0 saturated heterocycles. The molecule has 0 spiro atoms. The van der Waals surface area contributed by atoms with Crippen LogP contribution in [0.4, 0.5) is 5.82 Å². The van der Waals surface area contributed by atoms with E-state index in [1.165, 1.54) is 0 Å². The van der Waals surface area contributed by atoms with Crippen molar-refractivity contribution in [1.29, 1.82) is 0 Å². The van der Waals surface area contributed by atoms with Gasteiger partial charge in [-0.25, -0.2) is 9.97 Å². The first-order valence-electron chi connectivity index (χ1n) is 9.12. The third kappa shape index (κ3) is 4.36. The summed E-state index contributed by atoms with van der Waals surface area (Å²) in [6.45, 7) is 7.15.